The lowest BCUT2D eigenvalue weighted by Gasteiger charge is -2.25. The predicted molar refractivity (Wildman–Crippen MR) is 117 cm³/mol. The van der Waals surface area contributed by atoms with E-state index >= 15 is 0 Å². The molecular weight excluding hydrogens is 380 g/mol. The van der Waals surface area contributed by atoms with Crippen LogP contribution in [0.5, 0.6) is 11.5 Å². The second-order valence-corrected chi connectivity index (χ2v) is 7.47. The molecule has 1 saturated heterocycles. The molecule has 0 radical (unpaired) electrons. The number of carbonyl (C=O) groups is 2. The highest BCUT2D eigenvalue weighted by atomic mass is 16.5. The van der Waals surface area contributed by atoms with Crippen molar-refractivity contribution in [3.05, 3.63) is 53.6 Å². The quantitative estimate of drug-likeness (QED) is 0.666. The smallest absolute Gasteiger partial charge is 0.228 e. The van der Waals surface area contributed by atoms with Crippen molar-refractivity contribution in [2.45, 2.75) is 33.2 Å². The Hall–Kier alpha value is -3.02. The molecule has 2 aromatic rings. The molecule has 0 aromatic heterocycles. The third-order valence-corrected chi connectivity index (χ3v) is 5.65. The molecule has 0 saturated carbocycles. The summed E-state index contributed by atoms with van der Waals surface area (Å²) >= 11 is 0. The summed E-state index contributed by atoms with van der Waals surface area (Å²) in [6, 6.07) is 13.7. The number of nitrogens with zero attached hydrogens (tertiary/aromatic N) is 2. The van der Waals surface area contributed by atoms with E-state index < -0.39 is 0 Å². The van der Waals surface area contributed by atoms with Crippen LogP contribution in [-0.2, 0) is 22.6 Å². The molecule has 0 bridgehead atoms. The molecule has 0 aliphatic carbocycles. The van der Waals surface area contributed by atoms with Gasteiger partial charge in [-0.25, -0.2) is 0 Å². The first-order valence-electron chi connectivity index (χ1n) is 10.4. The Bertz CT molecular complexity index is 895. The van der Waals surface area contributed by atoms with Gasteiger partial charge < -0.3 is 19.3 Å². The van der Waals surface area contributed by atoms with Gasteiger partial charge in [-0.15, -0.1) is 0 Å². The third kappa shape index (κ3) is 4.58. The van der Waals surface area contributed by atoms with Crippen LogP contribution < -0.4 is 14.4 Å². The zero-order chi connectivity index (χ0) is 21.7. The maximum absolute atomic E-state index is 13.2. The fraction of sp³-hybridized carbons (Fsp3) is 0.417. The lowest BCUT2D eigenvalue weighted by molar-refractivity contribution is -0.136. The summed E-state index contributed by atoms with van der Waals surface area (Å²) in [6.45, 7) is 5.51. The van der Waals surface area contributed by atoms with E-state index in [-0.39, 0.29) is 24.2 Å². The van der Waals surface area contributed by atoms with Gasteiger partial charge in [-0.3, -0.25) is 9.59 Å². The van der Waals surface area contributed by atoms with Crippen LogP contribution in [0.15, 0.2) is 42.5 Å². The minimum absolute atomic E-state index is 0.000215. The number of methoxy groups -OCH3 is 2. The summed E-state index contributed by atoms with van der Waals surface area (Å²) < 4.78 is 10.6. The number of hydrogen-bond acceptors (Lipinski definition) is 4. The molecular formula is C24H30N2O4. The zero-order valence-corrected chi connectivity index (χ0v) is 18.2. The number of benzene rings is 2. The first-order chi connectivity index (χ1) is 14.5. The second-order valence-electron chi connectivity index (χ2n) is 7.47. The topological polar surface area (TPSA) is 59.1 Å². The number of hydrogen-bond donors (Lipinski definition) is 0. The minimum Gasteiger partial charge on any atom is -0.493 e. The number of ether oxygens (including phenoxy) is 2. The molecule has 0 N–H and O–H groups in total. The molecule has 1 atom stereocenters. The zero-order valence-electron chi connectivity index (χ0n) is 18.2. The van der Waals surface area contributed by atoms with Crippen molar-refractivity contribution in [1.29, 1.82) is 0 Å². The van der Waals surface area contributed by atoms with E-state index in [0.717, 1.165) is 17.7 Å². The largest absolute Gasteiger partial charge is 0.493 e. The van der Waals surface area contributed by atoms with Gasteiger partial charge in [-0.2, -0.15) is 0 Å². The highest BCUT2D eigenvalue weighted by Gasteiger charge is 2.37. The molecule has 1 aliphatic rings. The van der Waals surface area contributed by atoms with Crippen LogP contribution in [0.1, 0.15) is 31.4 Å². The molecule has 1 unspecified atom stereocenters. The van der Waals surface area contributed by atoms with Crippen molar-refractivity contribution in [3.63, 3.8) is 0 Å². The van der Waals surface area contributed by atoms with Crippen molar-refractivity contribution in [2.24, 2.45) is 5.92 Å². The lowest BCUT2D eigenvalue weighted by atomic mass is 10.1. The molecule has 30 heavy (non-hydrogen) atoms. The molecule has 1 heterocycles. The van der Waals surface area contributed by atoms with Crippen LogP contribution >= 0.6 is 0 Å². The van der Waals surface area contributed by atoms with Gasteiger partial charge in [0, 0.05) is 31.7 Å². The van der Waals surface area contributed by atoms with E-state index in [2.05, 4.69) is 6.92 Å². The Kier molecular flexibility index (Phi) is 6.98. The van der Waals surface area contributed by atoms with Gasteiger partial charge in [0.05, 0.1) is 20.1 Å². The van der Waals surface area contributed by atoms with Crippen LogP contribution in [0.25, 0.3) is 0 Å². The van der Waals surface area contributed by atoms with Gasteiger partial charge >= 0.3 is 0 Å². The molecule has 2 amide bonds. The Morgan fingerprint density at radius 3 is 2.30 bits per heavy atom. The molecule has 1 fully saturated rings. The molecule has 6 nitrogen and oxygen atoms in total. The highest BCUT2D eigenvalue weighted by molar-refractivity contribution is 6.00. The van der Waals surface area contributed by atoms with Crippen molar-refractivity contribution < 1.29 is 19.1 Å². The lowest BCUT2D eigenvalue weighted by Crippen LogP contribution is -2.37. The van der Waals surface area contributed by atoms with Crippen LogP contribution in [0.4, 0.5) is 5.69 Å². The normalized spacial score (nSPS) is 15.9. The molecule has 0 spiro atoms. The van der Waals surface area contributed by atoms with Crippen LogP contribution in [0.2, 0.25) is 0 Å². The maximum atomic E-state index is 13.2. The average Bonchev–Trinajstić information content (AvgIpc) is 3.18. The fourth-order valence-corrected chi connectivity index (χ4v) is 3.84. The number of carbonyl (C=O) groups excluding carboxylic acids is 2. The van der Waals surface area contributed by atoms with Crippen molar-refractivity contribution in [3.8, 4) is 11.5 Å². The van der Waals surface area contributed by atoms with Gasteiger partial charge in [-0.1, -0.05) is 25.1 Å². The summed E-state index contributed by atoms with van der Waals surface area (Å²) in [5.74, 6) is 0.967. The molecule has 6 heteroatoms. The molecule has 160 valence electrons. The monoisotopic (exact) mass is 410 g/mol. The van der Waals surface area contributed by atoms with Crippen molar-refractivity contribution in [1.82, 2.24) is 4.90 Å². The summed E-state index contributed by atoms with van der Waals surface area (Å²) in [5, 5.41) is 0. The molecule has 3 rings (SSSR count). The van der Waals surface area contributed by atoms with Gasteiger partial charge in [-0.05, 0) is 48.7 Å². The van der Waals surface area contributed by atoms with E-state index in [1.54, 1.807) is 24.0 Å². The number of aryl methyl sites for hydroxylation is 1. The molecule has 1 aliphatic heterocycles. The maximum Gasteiger partial charge on any atom is 0.228 e. The average molecular weight is 411 g/mol. The minimum atomic E-state index is -0.330. The van der Waals surface area contributed by atoms with Crippen LogP contribution in [0, 0.1) is 5.92 Å². The number of anilines is 1. The Labute approximate surface area is 178 Å². The first-order valence-corrected chi connectivity index (χ1v) is 10.4. The highest BCUT2D eigenvalue weighted by Crippen LogP contribution is 2.30. The summed E-state index contributed by atoms with van der Waals surface area (Å²) in [4.78, 5) is 29.3. The van der Waals surface area contributed by atoms with Crippen molar-refractivity contribution in [2.75, 3.05) is 32.2 Å². The van der Waals surface area contributed by atoms with E-state index in [1.807, 2.05) is 49.4 Å². The summed E-state index contributed by atoms with van der Waals surface area (Å²) in [6.07, 6.45) is 1.20. The third-order valence-electron chi connectivity index (χ3n) is 5.65. The van der Waals surface area contributed by atoms with E-state index in [0.29, 0.717) is 31.1 Å². The Morgan fingerprint density at radius 1 is 1.03 bits per heavy atom. The second kappa shape index (κ2) is 9.65. The predicted octanol–water partition coefficient (Wildman–Crippen LogP) is 3.67. The molecule has 2 aromatic carbocycles. The van der Waals surface area contributed by atoms with Crippen molar-refractivity contribution >= 4 is 17.5 Å². The van der Waals surface area contributed by atoms with Gasteiger partial charge in [0.25, 0.3) is 0 Å². The number of rotatable bonds is 8. The summed E-state index contributed by atoms with van der Waals surface area (Å²) in [7, 11) is 3.19. The standard InChI is InChI=1S/C24H30N2O4/c1-5-17-7-10-20(11-8-17)26-16-19(14-23(26)27)24(28)25(6-2)15-18-9-12-21(29-3)22(13-18)30-4/h7-13,19H,5-6,14-16H2,1-4H3. The fourth-order valence-electron chi connectivity index (χ4n) is 3.84. The summed E-state index contributed by atoms with van der Waals surface area (Å²) in [5.41, 5.74) is 3.04. The van der Waals surface area contributed by atoms with Crippen LogP contribution in [0.3, 0.4) is 0 Å². The van der Waals surface area contributed by atoms with Crippen LogP contribution in [-0.4, -0.2) is 44.0 Å². The Morgan fingerprint density at radius 2 is 1.70 bits per heavy atom. The van der Waals surface area contributed by atoms with E-state index in [1.165, 1.54) is 5.56 Å². The van der Waals surface area contributed by atoms with Gasteiger partial charge in [0.1, 0.15) is 0 Å². The number of amides is 2. The van der Waals surface area contributed by atoms with Gasteiger partial charge in [0.15, 0.2) is 11.5 Å². The van der Waals surface area contributed by atoms with E-state index in [9.17, 15) is 9.59 Å². The van der Waals surface area contributed by atoms with Gasteiger partial charge in [0.2, 0.25) is 11.8 Å². The van der Waals surface area contributed by atoms with E-state index in [4.69, 9.17) is 9.47 Å². The first kappa shape index (κ1) is 21.7. The SMILES string of the molecule is CCc1ccc(N2CC(C(=O)N(CC)Cc3ccc(OC)c(OC)c3)CC2=O)cc1. The Balaban J connectivity index is 1.70.